The topological polar surface area (TPSA) is 34.9 Å². The van der Waals surface area contributed by atoms with Gasteiger partial charge in [-0.1, -0.05) is 0 Å². The lowest BCUT2D eigenvalue weighted by Gasteiger charge is -2.08. The van der Waals surface area contributed by atoms with Gasteiger partial charge in [-0.2, -0.15) is 5.10 Å². The molecule has 0 aliphatic heterocycles. The largest absolute Gasteiger partial charge is 0.294 e. The average molecular weight is 260 g/mol. The number of carbonyl (C=O) groups is 1. The minimum atomic E-state index is 0.0366. The quantitative estimate of drug-likeness (QED) is 0.613. The van der Waals surface area contributed by atoms with Crippen molar-refractivity contribution >= 4 is 15.2 Å². The summed E-state index contributed by atoms with van der Waals surface area (Å²) in [5.41, 5.74) is 6.14. The molecule has 1 aromatic carbocycles. The van der Waals surface area contributed by atoms with E-state index >= 15 is 0 Å². The molecule has 94 valence electrons. The van der Waals surface area contributed by atoms with Crippen molar-refractivity contribution in [3.63, 3.8) is 0 Å². The molecule has 2 aromatic rings. The molecule has 0 bridgehead atoms. The van der Waals surface area contributed by atoms with E-state index in [1.165, 1.54) is 16.7 Å². The summed E-state index contributed by atoms with van der Waals surface area (Å²) in [7, 11) is 2.47. The van der Waals surface area contributed by atoms with E-state index in [4.69, 9.17) is 0 Å². The van der Waals surface area contributed by atoms with Crippen LogP contribution in [0.2, 0.25) is 0 Å². The Kier molecular flexibility index (Phi) is 3.36. The van der Waals surface area contributed by atoms with Gasteiger partial charge in [0.15, 0.2) is 5.78 Å². The highest BCUT2D eigenvalue weighted by Gasteiger charge is 2.15. The number of hydrogen-bond donors (Lipinski definition) is 0. The summed E-state index contributed by atoms with van der Waals surface area (Å²) in [6, 6.07) is 4.17. The molecule has 1 heterocycles. The maximum Gasteiger partial charge on any atom is 0.163 e. The molecule has 0 amide bonds. The number of nitrogens with zero attached hydrogens (tertiary/aromatic N) is 2. The average Bonchev–Trinajstić information content (AvgIpc) is 2.67. The van der Waals surface area contributed by atoms with Crippen molar-refractivity contribution in [3.8, 4) is 11.3 Å². The van der Waals surface area contributed by atoms with E-state index in [0.29, 0.717) is 5.56 Å². The van der Waals surface area contributed by atoms with Gasteiger partial charge in [-0.05, 0) is 65.9 Å². The highest BCUT2D eigenvalue weighted by molar-refractivity contribution is 7.14. The Labute approximate surface area is 109 Å². The van der Waals surface area contributed by atoms with Crippen LogP contribution in [0.4, 0.5) is 0 Å². The van der Waals surface area contributed by atoms with Crippen molar-refractivity contribution in [1.29, 1.82) is 0 Å². The molecule has 0 N–H and O–H groups in total. The standard InChI is InChI=1S/C14H17N2OP/c1-8-5-12(6-9(2)10(8)3)14-13(11(4)17)7-16(18)15-14/h5-7H,18H2,1-4H3. The third kappa shape index (κ3) is 2.23. The van der Waals surface area contributed by atoms with E-state index in [9.17, 15) is 4.79 Å². The van der Waals surface area contributed by atoms with Crippen LogP contribution in [0, 0.1) is 20.8 Å². The van der Waals surface area contributed by atoms with E-state index in [1.54, 1.807) is 17.6 Å². The summed E-state index contributed by atoms with van der Waals surface area (Å²) in [4.78, 5) is 11.6. The van der Waals surface area contributed by atoms with Crippen LogP contribution in [0.1, 0.15) is 34.0 Å². The molecule has 1 atom stereocenters. The summed E-state index contributed by atoms with van der Waals surface area (Å²) >= 11 is 0. The van der Waals surface area contributed by atoms with Crippen LogP contribution in [0.5, 0.6) is 0 Å². The Bertz CT molecular complexity index is 606. The molecule has 18 heavy (non-hydrogen) atoms. The first kappa shape index (κ1) is 13.0. The molecule has 0 aliphatic carbocycles. The molecule has 1 unspecified atom stereocenters. The van der Waals surface area contributed by atoms with Gasteiger partial charge in [0.05, 0.1) is 5.56 Å². The summed E-state index contributed by atoms with van der Waals surface area (Å²) in [6.07, 6.45) is 1.74. The highest BCUT2D eigenvalue weighted by atomic mass is 31.0. The van der Waals surface area contributed by atoms with Crippen LogP contribution in [-0.4, -0.2) is 15.3 Å². The van der Waals surface area contributed by atoms with Crippen molar-refractivity contribution < 1.29 is 4.79 Å². The van der Waals surface area contributed by atoms with Crippen molar-refractivity contribution in [3.05, 3.63) is 40.6 Å². The number of carbonyl (C=O) groups excluding carboxylic acids is 1. The number of hydrogen-bond acceptors (Lipinski definition) is 2. The first-order valence-electron chi connectivity index (χ1n) is 5.84. The number of aryl methyl sites for hydroxylation is 2. The molecule has 0 saturated carbocycles. The molecule has 0 saturated heterocycles. The summed E-state index contributed by atoms with van der Waals surface area (Å²) in [6.45, 7) is 7.83. The monoisotopic (exact) mass is 260 g/mol. The first-order valence-corrected chi connectivity index (χ1v) is 6.35. The van der Waals surface area contributed by atoms with Crippen LogP contribution in [0.25, 0.3) is 11.3 Å². The molecule has 1 aromatic heterocycles. The minimum absolute atomic E-state index is 0.0366. The zero-order valence-corrected chi connectivity index (χ0v) is 12.3. The van der Waals surface area contributed by atoms with E-state index in [-0.39, 0.29) is 5.78 Å². The molecule has 3 nitrogen and oxygen atoms in total. The molecule has 0 fully saturated rings. The number of Topliss-reactive ketones (excluding diaryl/α,β-unsaturated/α-hetero) is 1. The third-order valence-electron chi connectivity index (χ3n) is 3.31. The summed E-state index contributed by atoms with van der Waals surface area (Å²) in [5.74, 6) is 0.0366. The van der Waals surface area contributed by atoms with Gasteiger partial charge in [0, 0.05) is 11.8 Å². The molecule has 0 aliphatic rings. The van der Waals surface area contributed by atoms with Gasteiger partial charge in [0.1, 0.15) is 5.69 Å². The molecular weight excluding hydrogens is 243 g/mol. The van der Waals surface area contributed by atoms with Crippen LogP contribution >= 0.6 is 9.39 Å². The highest BCUT2D eigenvalue weighted by Crippen LogP contribution is 2.27. The third-order valence-corrected chi connectivity index (χ3v) is 3.58. The fourth-order valence-electron chi connectivity index (χ4n) is 2.03. The Morgan fingerprint density at radius 3 is 2.28 bits per heavy atom. The van der Waals surface area contributed by atoms with Crippen molar-refractivity contribution in [1.82, 2.24) is 9.55 Å². The SMILES string of the molecule is CC(=O)c1cn(P)nc1-c1cc(C)c(C)c(C)c1. The fraction of sp³-hybridized carbons (Fsp3) is 0.286. The van der Waals surface area contributed by atoms with Crippen LogP contribution < -0.4 is 0 Å². The molecule has 4 heteroatoms. The molecular formula is C14H17N2OP. The van der Waals surface area contributed by atoms with Crippen LogP contribution in [0.3, 0.4) is 0 Å². The van der Waals surface area contributed by atoms with Crippen molar-refractivity contribution in [2.75, 3.05) is 0 Å². The predicted molar refractivity (Wildman–Crippen MR) is 77.0 cm³/mol. The summed E-state index contributed by atoms with van der Waals surface area (Å²) < 4.78 is 1.61. The van der Waals surface area contributed by atoms with E-state index in [1.807, 2.05) is 0 Å². The first-order chi connectivity index (χ1) is 8.40. The summed E-state index contributed by atoms with van der Waals surface area (Å²) in [5, 5.41) is 4.37. The minimum Gasteiger partial charge on any atom is -0.294 e. The lowest BCUT2D eigenvalue weighted by Crippen LogP contribution is -1.95. The van der Waals surface area contributed by atoms with Gasteiger partial charge in [-0.3, -0.25) is 9.25 Å². The molecule has 2 rings (SSSR count). The van der Waals surface area contributed by atoms with Crippen LogP contribution in [-0.2, 0) is 0 Å². The zero-order valence-electron chi connectivity index (χ0n) is 11.1. The predicted octanol–water partition coefficient (Wildman–Crippen LogP) is 3.32. The second-order valence-corrected chi connectivity index (χ2v) is 5.19. The lowest BCUT2D eigenvalue weighted by molar-refractivity contribution is 0.101. The Morgan fingerprint density at radius 1 is 1.22 bits per heavy atom. The van der Waals surface area contributed by atoms with E-state index < -0.39 is 0 Å². The van der Waals surface area contributed by atoms with Gasteiger partial charge < -0.3 is 0 Å². The number of aromatic nitrogens is 2. The Balaban J connectivity index is 2.65. The Morgan fingerprint density at radius 2 is 1.78 bits per heavy atom. The van der Waals surface area contributed by atoms with Gasteiger partial charge in [0.2, 0.25) is 0 Å². The van der Waals surface area contributed by atoms with Gasteiger partial charge in [0.25, 0.3) is 0 Å². The molecule has 0 radical (unpaired) electrons. The van der Waals surface area contributed by atoms with Gasteiger partial charge >= 0.3 is 0 Å². The van der Waals surface area contributed by atoms with Gasteiger partial charge in [-0.25, -0.2) is 0 Å². The van der Waals surface area contributed by atoms with Crippen molar-refractivity contribution in [2.24, 2.45) is 0 Å². The Hall–Kier alpha value is -1.47. The number of benzene rings is 1. The van der Waals surface area contributed by atoms with Crippen LogP contribution in [0.15, 0.2) is 18.3 Å². The maximum atomic E-state index is 11.6. The lowest BCUT2D eigenvalue weighted by atomic mass is 9.97. The van der Waals surface area contributed by atoms with Crippen molar-refractivity contribution in [2.45, 2.75) is 27.7 Å². The second kappa shape index (κ2) is 4.66. The van der Waals surface area contributed by atoms with Gasteiger partial charge in [-0.15, -0.1) is 0 Å². The smallest absolute Gasteiger partial charge is 0.163 e. The normalized spacial score (nSPS) is 10.7. The van der Waals surface area contributed by atoms with E-state index in [0.717, 1.165) is 11.3 Å². The second-order valence-electron chi connectivity index (χ2n) is 4.66. The van der Waals surface area contributed by atoms with E-state index in [2.05, 4.69) is 47.4 Å². The molecule has 0 spiro atoms. The maximum absolute atomic E-state index is 11.6. The fourth-order valence-corrected chi connectivity index (χ4v) is 2.30. The number of rotatable bonds is 2. The zero-order chi connectivity index (χ0) is 13.4. The number of ketones is 1.